The minimum absolute atomic E-state index is 0.334. The number of amides is 1. The number of hydrogen-bond acceptors (Lipinski definition) is 1. The topological polar surface area (TPSA) is 20.3 Å². The third-order valence-electron chi connectivity index (χ3n) is 2.73. The van der Waals surface area contributed by atoms with E-state index in [1.807, 2.05) is 11.8 Å². The molecule has 2 nitrogen and oxygen atoms in total. The third kappa shape index (κ3) is 0.889. The summed E-state index contributed by atoms with van der Waals surface area (Å²) in [6, 6.07) is 0.479. The molecule has 2 heteroatoms. The van der Waals surface area contributed by atoms with Gasteiger partial charge in [0.05, 0.1) is 6.04 Å². The zero-order chi connectivity index (χ0) is 7.84. The number of fused-ring (bicyclic) bond motifs is 1. The number of rotatable bonds is 0. The first-order valence-corrected chi connectivity index (χ1v) is 4.27. The molecule has 1 amide bonds. The van der Waals surface area contributed by atoms with Gasteiger partial charge in [-0.05, 0) is 25.3 Å². The number of hydrogen-bond donors (Lipinski definition) is 0. The average Bonchev–Trinajstić information content (AvgIpc) is 2.54. The molecule has 60 valence electrons. The summed E-state index contributed by atoms with van der Waals surface area (Å²) in [5.41, 5.74) is 1.34. The van der Waals surface area contributed by atoms with E-state index in [2.05, 4.69) is 6.08 Å². The van der Waals surface area contributed by atoms with E-state index in [1.165, 1.54) is 18.4 Å². The first-order chi connectivity index (χ1) is 5.33. The molecule has 2 heterocycles. The largest absolute Gasteiger partial charge is 0.336 e. The molecule has 0 aromatic rings. The number of carbonyl (C=O) groups is 1. The summed E-state index contributed by atoms with van der Waals surface area (Å²) in [4.78, 5) is 13.3. The number of carbonyl (C=O) groups excluding carboxylic acids is 1. The van der Waals surface area contributed by atoms with Gasteiger partial charge in [0, 0.05) is 13.0 Å². The summed E-state index contributed by atoms with van der Waals surface area (Å²) in [6.07, 6.45) is 5.16. The Labute approximate surface area is 66.9 Å². The Bertz CT molecular complexity index is 220. The first kappa shape index (κ1) is 6.89. The molecule has 0 aromatic carbocycles. The summed E-state index contributed by atoms with van der Waals surface area (Å²) in [5, 5.41) is 0. The summed E-state index contributed by atoms with van der Waals surface area (Å²) in [5.74, 6) is 0.334. The summed E-state index contributed by atoms with van der Waals surface area (Å²) in [6.45, 7) is 3.02. The van der Waals surface area contributed by atoms with Crippen molar-refractivity contribution in [2.45, 2.75) is 32.2 Å². The Morgan fingerprint density at radius 2 is 2.45 bits per heavy atom. The zero-order valence-corrected chi connectivity index (χ0v) is 6.84. The van der Waals surface area contributed by atoms with Gasteiger partial charge in [-0.2, -0.15) is 0 Å². The smallest absolute Gasteiger partial charge is 0.227 e. The van der Waals surface area contributed by atoms with Crippen molar-refractivity contribution in [1.29, 1.82) is 0 Å². The van der Waals surface area contributed by atoms with Crippen molar-refractivity contribution >= 4 is 5.91 Å². The van der Waals surface area contributed by atoms with Crippen molar-refractivity contribution in [2.75, 3.05) is 6.54 Å². The summed E-state index contributed by atoms with van der Waals surface area (Å²) < 4.78 is 0. The maximum absolute atomic E-state index is 11.3. The zero-order valence-electron chi connectivity index (χ0n) is 6.84. The van der Waals surface area contributed by atoms with Gasteiger partial charge in [-0.1, -0.05) is 6.08 Å². The fraction of sp³-hybridized carbons (Fsp3) is 0.667. The molecule has 2 aliphatic heterocycles. The van der Waals surface area contributed by atoms with Crippen molar-refractivity contribution in [1.82, 2.24) is 4.90 Å². The van der Waals surface area contributed by atoms with Crippen LogP contribution in [0, 0.1) is 0 Å². The molecule has 0 spiro atoms. The molecule has 2 rings (SSSR count). The van der Waals surface area contributed by atoms with Crippen LogP contribution in [0.25, 0.3) is 0 Å². The van der Waals surface area contributed by atoms with E-state index in [-0.39, 0.29) is 0 Å². The predicted octanol–water partition coefficient (Wildman–Crippen LogP) is 1.33. The third-order valence-corrected chi connectivity index (χ3v) is 2.73. The highest BCUT2D eigenvalue weighted by Gasteiger charge is 2.37. The van der Waals surface area contributed by atoms with Crippen molar-refractivity contribution in [2.24, 2.45) is 0 Å². The van der Waals surface area contributed by atoms with Gasteiger partial charge < -0.3 is 4.90 Å². The second kappa shape index (κ2) is 2.36. The van der Waals surface area contributed by atoms with Crippen LogP contribution in [0.5, 0.6) is 0 Å². The molecular weight excluding hydrogens is 138 g/mol. The second-order valence-corrected chi connectivity index (χ2v) is 3.29. The molecule has 0 aliphatic carbocycles. The summed E-state index contributed by atoms with van der Waals surface area (Å²) >= 11 is 0. The van der Waals surface area contributed by atoms with Crippen molar-refractivity contribution in [3.63, 3.8) is 0 Å². The molecule has 2 aliphatic rings. The van der Waals surface area contributed by atoms with E-state index < -0.39 is 0 Å². The quantitative estimate of drug-likeness (QED) is 0.478. The fourth-order valence-electron chi connectivity index (χ4n) is 2.14. The van der Waals surface area contributed by atoms with Crippen LogP contribution in [0.4, 0.5) is 0 Å². The highest BCUT2D eigenvalue weighted by Crippen LogP contribution is 2.32. The molecule has 11 heavy (non-hydrogen) atoms. The minimum atomic E-state index is 0.334. The normalized spacial score (nSPS) is 33.5. The monoisotopic (exact) mass is 151 g/mol. The Morgan fingerprint density at radius 3 is 3.18 bits per heavy atom. The van der Waals surface area contributed by atoms with Gasteiger partial charge in [-0.25, -0.2) is 0 Å². The molecule has 0 saturated carbocycles. The first-order valence-electron chi connectivity index (χ1n) is 4.27. The van der Waals surface area contributed by atoms with Gasteiger partial charge in [0.2, 0.25) is 5.91 Å². The minimum Gasteiger partial charge on any atom is -0.336 e. The lowest BCUT2D eigenvalue weighted by Crippen LogP contribution is -2.26. The predicted molar refractivity (Wildman–Crippen MR) is 43.1 cm³/mol. The van der Waals surface area contributed by atoms with Gasteiger partial charge in [-0.15, -0.1) is 0 Å². The van der Waals surface area contributed by atoms with E-state index in [4.69, 9.17) is 0 Å². The van der Waals surface area contributed by atoms with Crippen LogP contribution in [0.15, 0.2) is 11.6 Å². The molecule has 0 bridgehead atoms. The van der Waals surface area contributed by atoms with Crippen LogP contribution in [-0.2, 0) is 4.79 Å². The lowest BCUT2D eigenvalue weighted by Gasteiger charge is -2.14. The van der Waals surface area contributed by atoms with Crippen LogP contribution < -0.4 is 0 Å². The van der Waals surface area contributed by atoms with Crippen LogP contribution in [0.1, 0.15) is 26.2 Å². The summed E-state index contributed by atoms with van der Waals surface area (Å²) in [7, 11) is 0. The maximum Gasteiger partial charge on any atom is 0.227 e. The van der Waals surface area contributed by atoms with Gasteiger partial charge in [0.25, 0.3) is 0 Å². The average molecular weight is 151 g/mol. The molecule has 0 radical (unpaired) electrons. The molecule has 0 aromatic heterocycles. The van der Waals surface area contributed by atoms with Crippen LogP contribution in [0.3, 0.4) is 0 Å². The van der Waals surface area contributed by atoms with Crippen LogP contribution in [0.2, 0.25) is 0 Å². The van der Waals surface area contributed by atoms with Crippen LogP contribution in [-0.4, -0.2) is 23.4 Å². The molecular formula is C9H13NO. The molecule has 2 fully saturated rings. The lowest BCUT2D eigenvalue weighted by atomic mass is 10.1. The van der Waals surface area contributed by atoms with Gasteiger partial charge in [0.15, 0.2) is 0 Å². The number of allylic oxidation sites excluding steroid dienone is 1. The van der Waals surface area contributed by atoms with Gasteiger partial charge in [-0.3, -0.25) is 4.79 Å². The van der Waals surface area contributed by atoms with E-state index in [0.717, 1.165) is 6.54 Å². The number of nitrogens with zero attached hydrogens (tertiary/aromatic N) is 1. The van der Waals surface area contributed by atoms with Gasteiger partial charge >= 0.3 is 0 Å². The van der Waals surface area contributed by atoms with E-state index in [9.17, 15) is 4.79 Å². The SMILES string of the molecule is C/C=C1\CC(=O)N2CCCC12. The van der Waals surface area contributed by atoms with Crippen LogP contribution >= 0.6 is 0 Å². The Balaban J connectivity index is 2.27. The Kier molecular flexibility index (Phi) is 1.48. The molecule has 0 N–H and O–H groups in total. The molecule has 1 unspecified atom stereocenters. The highest BCUT2D eigenvalue weighted by molar-refractivity contribution is 5.83. The second-order valence-electron chi connectivity index (χ2n) is 3.29. The highest BCUT2D eigenvalue weighted by atomic mass is 16.2. The Morgan fingerprint density at radius 1 is 1.64 bits per heavy atom. The molecule has 1 atom stereocenters. The van der Waals surface area contributed by atoms with Crippen molar-refractivity contribution in [3.8, 4) is 0 Å². The van der Waals surface area contributed by atoms with Crippen molar-refractivity contribution < 1.29 is 4.79 Å². The standard InChI is InChI=1S/C9H13NO/c1-2-7-6-9(11)10-5-3-4-8(7)10/h2,8H,3-6H2,1H3/b7-2+. The van der Waals surface area contributed by atoms with Crippen molar-refractivity contribution in [3.05, 3.63) is 11.6 Å². The maximum atomic E-state index is 11.3. The van der Waals surface area contributed by atoms with E-state index >= 15 is 0 Å². The Hall–Kier alpha value is -0.790. The molecule has 2 saturated heterocycles. The van der Waals surface area contributed by atoms with E-state index in [0.29, 0.717) is 18.4 Å². The lowest BCUT2D eigenvalue weighted by molar-refractivity contribution is -0.127. The van der Waals surface area contributed by atoms with Gasteiger partial charge in [0.1, 0.15) is 0 Å². The fourth-order valence-corrected chi connectivity index (χ4v) is 2.14. The van der Waals surface area contributed by atoms with E-state index in [1.54, 1.807) is 0 Å².